The smallest absolute Gasteiger partial charge is 0.337 e. The molecule has 3 aromatic rings. The molecule has 7 nitrogen and oxygen atoms in total. The van der Waals surface area contributed by atoms with Crippen LogP contribution >= 0.6 is 0 Å². The van der Waals surface area contributed by atoms with E-state index in [0.717, 1.165) is 75.0 Å². The minimum Gasteiger partial charge on any atom is -0.337 e. The van der Waals surface area contributed by atoms with E-state index < -0.39 is 17.6 Å². The fourth-order valence-electron chi connectivity index (χ4n) is 5.64. The van der Waals surface area contributed by atoms with E-state index in [1.807, 2.05) is 16.7 Å². The van der Waals surface area contributed by atoms with Crippen molar-refractivity contribution in [3.05, 3.63) is 71.8 Å². The predicted molar refractivity (Wildman–Crippen MR) is 143 cm³/mol. The maximum Gasteiger partial charge on any atom is 0.416 e. The van der Waals surface area contributed by atoms with Gasteiger partial charge in [0.15, 0.2) is 0 Å². The van der Waals surface area contributed by atoms with Crippen LogP contribution in [-0.4, -0.2) is 57.3 Å². The molecule has 1 atom stereocenters. The van der Waals surface area contributed by atoms with Crippen LogP contribution < -0.4 is 5.32 Å². The summed E-state index contributed by atoms with van der Waals surface area (Å²) < 4.78 is 41.9. The lowest BCUT2D eigenvalue weighted by Crippen LogP contribution is -2.34. The van der Waals surface area contributed by atoms with Gasteiger partial charge in [0, 0.05) is 25.2 Å². The zero-order chi connectivity index (χ0) is 27.6. The third-order valence-electron chi connectivity index (χ3n) is 7.56. The molecular weight excluding hydrogens is 507 g/mol. The number of benzene rings is 2. The molecule has 0 spiro atoms. The Morgan fingerprint density at radius 2 is 1.79 bits per heavy atom. The van der Waals surface area contributed by atoms with Gasteiger partial charge in [-0.2, -0.15) is 13.2 Å². The van der Waals surface area contributed by atoms with Crippen LogP contribution in [0.2, 0.25) is 0 Å². The molecule has 0 bridgehead atoms. The summed E-state index contributed by atoms with van der Waals surface area (Å²) in [6.07, 6.45) is 1.52. The highest BCUT2D eigenvalue weighted by molar-refractivity contribution is 6.04. The first-order chi connectivity index (χ1) is 18.7. The van der Waals surface area contributed by atoms with Crippen molar-refractivity contribution in [2.24, 2.45) is 0 Å². The molecule has 0 aliphatic carbocycles. The Bertz CT molecular complexity index is 1380. The Balaban J connectivity index is 1.57. The number of aromatic nitrogens is 2. The van der Waals surface area contributed by atoms with Gasteiger partial charge < -0.3 is 9.47 Å². The standard InChI is InChI=1S/C29H32F3N5O2/c1-2-25(38)36-16-4-3-12-23(19-36)37-26-21(18-35-14-5-6-15-35)10-8-13-24(26)33-28(37)34-27(39)20-9-7-11-22(17-20)29(30,31)32/h2,7-11,13,17,23H,1,3-6,12,14-16,18-19H2,(H,33,34,39)/t23-/m1/s1. The van der Waals surface area contributed by atoms with Crippen LogP contribution in [0.25, 0.3) is 11.0 Å². The molecule has 206 valence electrons. The Morgan fingerprint density at radius 3 is 2.54 bits per heavy atom. The maximum absolute atomic E-state index is 13.3. The third-order valence-corrected chi connectivity index (χ3v) is 7.56. The predicted octanol–water partition coefficient (Wildman–Crippen LogP) is 5.64. The summed E-state index contributed by atoms with van der Waals surface area (Å²) in [5.41, 5.74) is 1.63. The molecule has 2 amide bonds. The molecule has 0 radical (unpaired) electrons. The molecule has 5 rings (SSSR count). The summed E-state index contributed by atoms with van der Waals surface area (Å²) in [6, 6.07) is 10.0. The second-order valence-corrected chi connectivity index (χ2v) is 10.2. The largest absolute Gasteiger partial charge is 0.416 e. The SMILES string of the molecule is C=CC(=O)N1CCCC[C@@H](n2c(NC(=O)c3cccc(C(F)(F)F)c3)nc3cccc(CN4CCCC4)c32)C1. The van der Waals surface area contributed by atoms with Crippen molar-refractivity contribution in [2.45, 2.75) is 50.9 Å². The first-order valence-corrected chi connectivity index (χ1v) is 13.4. The Morgan fingerprint density at radius 1 is 1.05 bits per heavy atom. The number of carbonyl (C=O) groups excluding carboxylic acids is 2. The number of amides is 2. The second kappa shape index (κ2) is 11.2. The van der Waals surface area contributed by atoms with E-state index in [-0.39, 0.29) is 23.5 Å². The Labute approximate surface area is 225 Å². The van der Waals surface area contributed by atoms with Gasteiger partial charge in [-0.1, -0.05) is 24.8 Å². The fourth-order valence-corrected chi connectivity index (χ4v) is 5.64. The number of para-hydroxylation sites is 1. The van der Waals surface area contributed by atoms with E-state index in [2.05, 4.69) is 22.9 Å². The summed E-state index contributed by atoms with van der Waals surface area (Å²) in [5, 5.41) is 2.80. The average molecular weight is 540 g/mol. The first kappa shape index (κ1) is 26.9. The number of alkyl halides is 3. The van der Waals surface area contributed by atoms with Crippen LogP contribution in [0.1, 0.15) is 59.6 Å². The molecule has 39 heavy (non-hydrogen) atoms. The molecule has 3 heterocycles. The van der Waals surface area contributed by atoms with E-state index in [1.54, 1.807) is 4.90 Å². The number of carbonyl (C=O) groups is 2. The van der Waals surface area contributed by atoms with Crippen LogP contribution in [0.5, 0.6) is 0 Å². The number of nitrogens with one attached hydrogen (secondary N) is 1. The second-order valence-electron chi connectivity index (χ2n) is 10.2. The lowest BCUT2D eigenvalue weighted by atomic mass is 10.1. The monoisotopic (exact) mass is 539 g/mol. The summed E-state index contributed by atoms with van der Waals surface area (Å²) in [6.45, 7) is 7.41. The quantitative estimate of drug-likeness (QED) is 0.412. The number of hydrogen-bond acceptors (Lipinski definition) is 4. The van der Waals surface area contributed by atoms with E-state index in [4.69, 9.17) is 4.98 Å². The van der Waals surface area contributed by atoms with Crippen LogP contribution in [0.4, 0.5) is 19.1 Å². The molecule has 2 aromatic carbocycles. The van der Waals surface area contributed by atoms with Crippen molar-refractivity contribution in [1.82, 2.24) is 19.4 Å². The number of rotatable bonds is 6. The number of nitrogens with zero attached hydrogens (tertiary/aromatic N) is 4. The van der Waals surface area contributed by atoms with Gasteiger partial charge in [-0.05, 0) is 81.1 Å². The van der Waals surface area contributed by atoms with Gasteiger partial charge >= 0.3 is 6.18 Å². The molecular formula is C29H32F3N5O2. The van der Waals surface area contributed by atoms with Crippen molar-refractivity contribution in [1.29, 1.82) is 0 Å². The molecule has 0 saturated carbocycles. The summed E-state index contributed by atoms with van der Waals surface area (Å²) in [4.78, 5) is 34.7. The van der Waals surface area contributed by atoms with Crippen molar-refractivity contribution in [2.75, 3.05) is 31.5 Å². The highest BCUT2D eigenvalue weighted by atomic mass is 19.4. The van der Waals surface area contributed by atoms with Crippen molar-refractivity contribution in [3.8, 4) is 0 Å². The van der Waals surface area contributed by atoms with E-state index in [9.17, 15) is 22.8 Å². The lowest BCUT2D eigenvalue weighted by molar-refractivity contribution is -0.137. The first-order valence-electron chi connectivity index (χ1n) is 13.4. The van der Waals surface area contributed by atoms with Crippen LogP contribution in [0.3, 0.4) is 0 Å². The van der Waals surface area contributed by atoms with Gasteiger partial charge in [0.2, 0.25) is 11.9 Å². The van der Waals surface area contributed by atoms with Crippen molar-refractivity contribution >= 4 is 28.8 Å². The normalized spacial score (nSPS) is 18.7. The van der Waals surface area contributed by atoms with E-state index in [0.29, 0.717) is 18.6 Å². The van der Waals surface area contributed by atoms with Gasteiger partial charge in [0.25, 0.3) is 5.91 Å². The molecule has 1 N–H and O–H groups in total. The van der Waals surface area contributed by atoms with Crippen LogP contribution in [0.15, 0.2) is 55.1 Å². The number of halogens is 3. The minimum absolute atomic E-state index is 0.106. The zero-order valence-electron chi connectivity index (χ0n) is 21.7. The maximum atomic E-state index is 13.3. The molecule has 2 aliphatic heterocycles. The summed E-state index contributed by atoms with van der Waals surface area (Å²) in [7, 11) is 0. The molecule has 10 heteroatoms. The number of imidazole rings is 1. The number of hydrogen-bond donors (Lipinski definition) is 1. The van der Waals surface area contributed by atoms with Crippen molar-refractivity contribution in [3.63, 3.8) is 0 Å². The van der Waals surface area contributed by atoms with E-state index >= 15 is 0 Å². The fraction of sp³-hybridized carbons (Fsp3) is 0.414. The van der Waals surface area contributed by atoms with Crippen molar-refractivity contribution < 1.29 is 22.8 Å². The zero-order valence-corrected chi connectivity index (χ0v) is 21.7. The number of likely N-dealkylation sites (tertiary alicyclic amines) is 2. The topological polar surface area (TPSA) is 70.5 Å². The Kier molecular flexibility index (Phi) is 7.74. The Hall–Kier alpha value is -3.66. The molecule has 1 aromatic heterocycles. The van der Waals surface area contributed by atoms with E-state index in [1.165, 1.54) is 18.2 Å². The van der Waals surface area contributed by atoms with Gasteiger partial charge in [-0.3, -0.25) is 19.8 Å². The van der Waals surface area contributed by atoms with Gasteiger partial charge in [-0.25, -0.2) is 4.98 Å². The third kappa shape index (κ3) is 5.85. The van der Waals surface area contributed by atoms with Gasteiger partial charge in [0.1, 0.15) is 0 Å². The minimum atomic E-state index is -4.56. The summed E-state index contributed by atoms with van der Waals surface area (Å²) in [5.74, 6) is -0.566. The number of fused-ring (bicyclic) bond motifs is 1. The lowest BCUT2D eigenvalue weighted by Gasteiger charge is -2.27. The highest BCUT2D eigenvalue weighted by Crippen LogP contribution is 2.34. The molecule has 2 fully saturated rings. The molecule has 0 unspecified atom stereocenters. The summed E-state index contributed by atoms with van der Waals surface area (Å²) >= 11 is 0. The van der Waals surface area contributed by atoms with Crippen LogP contribution in [0, 0.1) is 0 Å². The average Bonchev–Trinajstić information content (AvgIpc) is 3.49. The molecule has 2 saturated heterocycles. The van der Waals surface area contributed by atoms with Gasteiger partial charge in [0.05, 0.1) is 22.6 Å². The highest BCUT2D eigenvalue weighted by Gasteiger charge is 2.32. The van der Waals surface area contributed by atoms with Crippen LogP contribution in [-0.2, 0) is 17.5 Å². The molecule has 2 aliphatic rings. The van der Waals surface area contributed by atoms with Gasteiger partial charge in [-0.15, -0.1) is 0 Å². The number of anilines is 1.